The van der Waals surface area contributed by atoms with Crippen LogP contribution < -0.4 is 9.47 Å². The number of carbonyl (C=O) groups excluding carboxylic acids is 1. The van der Waals surface area contributed by atoms with Crippen LogP contribution in [0.15, 0.2) is 42.5 Å². The minimum atomic E-state index is -0.160. The molecule has 0 saturated carbocycles. The molecule has 0 unspecified atom stereocenters. The molecular weight excluding hydrogens is 323 g/mol. The lowest BCUT2D eigenvalue weighted by Gasteiger charge is -2.08. The van der Waals surface area contributed by atoms with Crippen LogP contribution in [-0.4, -0.2) is 20.0 Å². The van der Waals surface area contributed by atoms with E-state index in [9.17, 15) is 4.79 Å². The van der Waals surface area contributed by atoms with E-state index in [1.807, 2.05) is 0 Å². The maximum atomic E-state index is 12.2. The van der Waals surface area contributed by atoms with E-state index in [1.54, 1.807) is 49.6 Å². The third-order valence-corrected chi connectivity index (χ3v) is 3.61. The molecule has 22 heavy (non-hydrogen) atoms. The molecule has 5 heteroatoms. The maximum Gasteiger partial charge on any atom is 0.185 e. The fourth-order valence-corrected chi connectivity index (χ4v) is 2.36. The Morgan fingerprint density at radius 1 is 1.00 bits per heavy atom. The van der Waals surface area contributed by atoms with Crippen molar-refractivity contribution in [3.63, 3.8) is 0 Å². The molecular formula is C17H14Cl2O3. The number of carbonyl (C=O) groups is 1. The highest BCUT2D eigenvalue weighted by atomic mass is 35.5. The highest BCUT2D eigenvalue weighted by Gasteiger charge is 2.08. The first-order valence-corrected chi connectivity index (χ1v) is 7.20. The Labute approximate surface area is 139 Å². The van der Waals surface area contributed by atoms with Crippen molar-refractivity contribution in [2.75, 3.05) is 14.2 Å². The molecule has 0 atom stereocenters. The number of hydrogen-bond donors (Lipinski definition) is 0. The van der Waals surface area contributed by atoms with Gasteiger partial charge in [-0.3, -0.25) is 4.79 Å². The standard InChI is InChI=1S/C17H14Cl2O3/c1-21-16-8-5-12(9-17(16)22-2)15(20)7-4-11-3-6-13(18)10-14(11)19/h3-10H,1-2H3. The van der Waals surface area contributed by atoms with E-state index < -0.39 is 0 Å². The number of halogens is 2. The van der Waals surface area contributed by atoms with Crippen LogP contribution in [0.5, 0.6) is 11.5 Å². The predicted octanol–water partition coefficient (Wildman–Crippen LogP) is 4.91. The molecule has 3 nitrogen and oxygen atoms in total. The second-order valence-corrected chi connectivity index (χ2v) is 5.28. The zero-order valence-electron chi connectivity index (χ0n) is 12.1. The van der Waals surface area contributed by atoms with Crippen LogP contribution in [-0.2, 0) is 0 Å². The molecule has 0 radical (unpaired) electrons. The van der Waals surface area contributed by atoms with Gasteiger partial charge < -0.3 is 9.47 Å². The van der Waals surface area contributed by atoms with Crippen LogP contribution in [0.3, 0.4) is 0 Å². The van der Waals surface area contributed by atoms with Crippen molar-refractivity contribution in [2.45, 2.75) is 0 Å². The molecule has 0 fully saturated rings. The average Bonchev–Trinajstić information content (AvgIpc) is 2.53. The molecule has 0 heterocycles. The summed E-state index contributed by atoms with van der Waals surface area (Å²) in [5.41, 5.74) is 1.22. The molecule has 0 aromatic heterocycles. The van der Waals surface area contributed by atoms with Crippen LogP contribution in [0.1, 0.15) is 15.9 Å². The van der Waals surface area contributed by atoms with Gasteiger partial charge >= 0.3 is 0 Å². The number of rotatable bonds is 5. The van der Waals surface area contributed by atoms with Gasteiger partial charge in [0.25, 0.3) is 0 Å². The Kier molecular flexibility index (Phi) is 5.47. The van der Waals surface area contributed by atoms with Crippen molar-refractivity contribution in [3.05, 3.63) is 63.6 Å². The summed E-state index contributed by atoms with van der Waals surface area (Å²) in [5, 5.41) is 1.04. The SMILES string of the molecule is COc1ccc(C(=O)C=Cc2ccc(Cl)cc2Cl)cc1OC. The molecule has 0 aliphatic carbocycles. The normalized spacial score (nSPS) is 10.7. The van der Waals surface area contributed by atoms with Crippen molar-refractivity contribution in [2.24, 2.45) is 0 Å². The van der Waals surface area contributed by atoms with Gasteiger partial charge in [0.1, 0.15) is 0 Å². The second-order valence-electron chi connectivity index (χ2n) is 4.43. The number of benzene rings is 2. The summed E-state index contributed by atoms with van der Waals surface area (Å²) in [7, 11) is 3.07. The molecule has 0 saturated heterocycles. The monoisotopic (exact) mass is 336 g/mol. The quantitative estimate of drug-likeness (QED) is 0.575. The van der Waals surface area contributed by atoms with Gasteiger partial charge in [0.2, 0.25) is 0 Å². The molecule has 0 N–H and O–H groups in total. The van der Waals surface area contributed by atoms with Crippen LogP contribution in [0, 0.1) is 0 Å². The van der Waals surface area contributed by atoms with Gasteiger partial charge in [0.05, 0.1) is 14.2 Å². The molecule has 0 aliphatic rings. The fraction of sp³-hybridized carbons (Fsp3) is 0.118. The highest BCUT2D eigenvalue weighted by molar-refractivity contribution is 6.35. The van der Waals surface area contributed by atoms with E-state index in [1.165, 1.54) is 13.2 Å². The van der Waals surface area contributed by atoms with E-state index in [2.05, 4.69) is 0 Å². The first-order chi connectivity index (χ1) is 10.5. The van der Waals surface area contributed by atoms with Gasteiger partial charge in [-0.2, -0.15) is 0 Å². The molecule has 0 spiro atoms. The zero-order chi connectivity index (χ0) is 16.1. The van der Waals surface area contributed by atoms with Crippen LogP contribution in [0.2, 0.25) is 10.0 Å². The molecule has 0 amide bonds. The van der Waals surface area contributed by atoms with Crippen molar-refractivity contribution < 1.29 is 14.3 Å². The van der Waals surface area contributed by atoms with Gasteiger partial charge in [-0.05, 0) is 48.0 Å². The van der Waals surface area contributed by atoms with Gasteiger partial charge in [0, 0.05) is 15.6 Å². The summed E-state index contributed by atoms with van der Waals surface area (Å²) >= 11 is 11.9. The highest BCUT2D eigenvalue weighted by Crippen LogP contribution is 2.28. The summed E-state index contributed by atoms with van der Waals surface area (Å²) in [6.07, 6.45) is 3.11. The predicted molar refractivity (Wildman–Crippen MR) is 89.4 cm³/mol. The summed E-state index contributed by atoms with van der Waals surface area (Å²) in [6.45, 7) is 0. The lowest BCUT2D eigenvalue weighted by Crippen LogP contribution is -1.97. The molecule has 0 bridgehead atoms. The zero-order valence-corrected chi connectivity index (χ0v) is 13.6. The van der Waals surface area contributed by atoms with Gasteiger partial charge in [-0.25, -0.2) is 0 Å². The number of methoxy groups -OCH3 is 2. The van der Waals surface area contributed by atoms with Crippen LogP contribution in [0.25, 0.3) is 6.08 Å². The fourth-order valence-electron chi connectivity index (χ4n) is 1.89. The van der Waals surface area contributed by atoms with E-state index >= 15 is 0 Å². The molecule has 2 aromatic carbocycles. The smallest absolute Gasteiger partial charge is 0.185 e. The number of allylic oxidation sites excluding steroid dienone is 1. The lowest BCUT2D eigenvalue weighted by atomic mass is 10.1. The molecule has 2 aromatic rings. The third-order valence-electron chi connectivity index (χ3n) is 3.04. The van der Waals surface area contributed by atoms with Crippen LogP contribution >= 0.6 is 23.2 Å². The maximum absolute atomic E-state index is 12.2. The minimum absolute atomic E-state index is 0.160. The largest absolute Gasteiger partial charge is 0.493 e. The molecule has 2 rings (SSSR count). The van der Waals surface area contributed by atoms with Crippen molar-refractivity contribution in [1.82, 2.24) is 0 Å². The second kappa shape index (κ2) is 7.34. The topological polar surface area (TPSA) is 35.5 Å². The average molecular weight is 337 g/mol. The van der Waals surface area contributed by atoms with E-state index in [-0.39, 0.29) is 5.78 Å². The van der Waals surface area contributed by atoms with Crippen LogP contribution in [0.4, 0.5) is 0 Å². The van der Waals surface area contributed by atoms with Crippen molar-refractivity contribution >= 4 is 35.1 Å². The van der Waals surface area contributed by atoms with Gasteiger partial charge in [-0.1, -0.05) is 29.3 Å². The van der Waals surface area contributed by atoms with Gasteiger partial charge in [0.15, 0.2) is 17.3 Å². The van der Waals surface area contributed by atoms with Crippen molar-refractivity contribution in [3.8, 4) is 11.5 Å². The molecule has 0 aliphatic heterocycles. The number of ketones is 1. The number of ether oxygens (including phenoxy) is 2. The Morgan fingerprint density at radius 2 is 1.73 bits per heavy atom. The summed E-state index contributed by atoms with van der Waals surface area (Å²) in [4.78, 5) is 12.2. The van der Waals surface area contributed by atoms with Crippen molar-refractivity contribution in [1.29, 1.82) is 0 Å². The minimum Gasteiger partial charge on any atom is -0.493 e. The first kappa shape index (κ1) is 16.4. The molecule has 114 valence electrons. The summed E-state index contributed by atoms with van der Waals surface area (Å²) in [5.74, 6) is 0.919. The summed E-state index contributed by atoms with van der Waals surface area (Å²) < 4.78 is 10.3. The lowest BCUT2D eigenvalue weighted by molar-refractivity contribution is 0.104. The summed E-state index contributed by atoms with van der Waals surface area (Å²) in [6, 6.07) is 10.1. The van der Waals surface area contributed by atoms with E-state index in [4.69, 9.17) is 32.7 Å². The Bertz CT molecular complexity index is 724. The Balaban J connectivity index is 2.23. The van der Waals surface area contributed by atoms with Gasteiger partial charge in [-0.15, -0.1) is 0 Å². The Morgan fingerprint density at radius 3 is 2.36 bits per heavy atom. The first-order valence-electron chi connectivity index (χ1n) is 6.44. The van der Waals surface area contributed by atoms with E-state index in [0.717, 1.165) is 5.56 Å². The number of hydrogen-bond acceptors (Lipinski definition) is 3. The third kappa shape index (κ3) is 3.81. The Hall–Kier alpha value is -1.97. The van der Waals surface area contributed by atoms with E-state index in [0.29, 0.717) is 27.1 Å².